The van der Waals surface area contributed by atoms with Gasteiger partial charge in [0.1, 0.15) is 0 Å². The molecule has 1 aromatic rings. The molecule has 1 aromatic heterocycles. The molecule has 102 valence electrons. The van der Waals surface area contributed by atoms with Gasteiger partial charge in [-0.3, -0.25) is 4.98 Å². The lowest BCUT2D eigenvalue weighted by Crippen LogP contribution is -2.41. The maximum Gasteiger partial charge on any atom is 0.487 e. The number of nitrogens with zero attached hydrogens (tertiary/aromatic N) is 1. The van der Waals surface area contributed by atoms with Crippen molar-refractivity contribution < 1.29 is 9.31 Å². The Balaban J connectivity index is 2.13. The summed E-state index contributed by atoms with van der Waals surface area (Å²) in [6, 6.07) is 2.01. The minimum absolute atomic E-state index is 0.284. The second-order valence-corrected chi connectivity index (χ2v) is 5.91. The number of aromatic nitrogens is 1. The molecule has 0 aliphatic carbocycles. The van der Waals surface area contributed by atoms with E-state index in [9.17, 15) is 0 Å². The van der Waals surface area contributed by atoms with Crippen LogP contribution < -0.4 is 0 Å². The first-order valence-electron chi connectivity index (χ1n) is 6.82. The molecule has 0 N–H and O–H groups in total. The second kappa shape index (κ2) is 5.10. The van der Waals surface area contributed by atoms with Gasteiger partial charge in [-0.15, -0.1) is 0 Å². The van der Waals surface area contributed by atoms with Crippen molar-refractivity contribution >= 4 is 13.2 Å². The Kier molecular flexibility index (Phi) is 3.84. The summed E-state index contributed by atoms with van der Waals surface area (Å²) in [5.74, 6) is 1.98. The number of rotatable bonds is 3. The van der Waals surface area contributed by atoms with E-state index in [0.29, 0.717) is 0 Å². The van der Waals surface area contributed by atoms with Gasteiger partial charge in [-0.1, -0.05) is 19.0 Å². The van der Waals surface area contributed by atoms with Crippen LogP contribution >= 0.6 is 0 Å². The molecular weight excluding hydrogens is 237 g/mol. The molecule has 0 spiro atoms. The molecular formula is C15H22BNO2. The molecule has 0 bridgehead atoms. The first-order valence-corrected chi connectivity index (χ1v) is 6.82. The van der Waals surface area contributed by atoms with Crippen LogP contribution in [0.2, 0.25) is 0 Å². The molecule has 1 aliphatic heterocycles. The fourth-order valence-corrected chi connectivity index (χ4v) is 2.05. The Morgan fingerprint density at radius 1 is 1.21 bits per heavy atom. The van der Waals surface area contributed by atoms with Gasteiger partial charge in [-0.2, -0.15) is 0 Å². The summed E-state index contributed by atoms with van der Waals surface area (Å²) >= 11 is 0. The summed E-state index contributed by atoms with van der Waals surface area (Å²) in [5, 5.41) is 0. The average molecular weight is 259 g/mol. The number of pyridine rings is 1. The summed E-state index contributed by atoms with van der Waals surface area (Å²) in [5.41, 5.74) is 1.84. The maximum atomic E-state index is 5.93. The van der Waals surface area contributed by atoms with E-state index in [0.717, 1.165) is 6.42 Å². The Bertz CT molecular complexity index is 467. The van der Waals surface area contributed by atoms with E-state index in [1.165, 1.54) is 11.1 Å². The summed E-state index contributed by atoms with van der Waals surface area (Å²) in [4.78, 5) is 4.15. The topological polar surface area (TPSA) is 31.4 Å². The van der Waals surface area contributed by atoms with Gasteiger partial charge >= 0.3 is 7.12 Å². The van der Waals surface area contributed by atoms with E-state index in [1.54, 1.807) is 0 Å². The largest absolute Gasteiger partial charge is 0.487 e. The molecule has 0 amide bonds. The molecule has 4 heteroatoms. The minimum Gasteiger partial charge on any atom is -0.400 e. The second-order valence-electron chi connectivity index (χ2n) is 5.91. The Morgan fingerprint density at radius 3 is 2.42 bits per heavy atom. The molecule has 1 aliphatic rings. The average Bonchev–Trinajstić information content (AvgIpc) is 2.55. The fourth-order valence-electron chi connectivity index (χ4n) is 2.05. The van der Waals surface area contributed by atoms with Crippen LogP contribution in [0.1, 0.15) is 45.7 Å². The normalized spacial score (nSPS) is 21.2. The zero-order valence-corrected chi connectivity index (χ0v) is 12.4. The van der Waals surface area contributed by atoms with Crippen molar-refractivity contribution in [2.45, 2.75) is 52.2 Å². The predicted molar refractivity (Wildman–Crippen MR) is 78.7 cm³/mol. The van der Waals surface area contributed by atoms with Gasteiger partial charge in [-0.25, -0.2) is 0 Å². The van der Waals surface area contributed by atoms with Crippen LogP contribution in [0.25, 0.3) is 6.08 Å². The quantitative estimate of drug-likeness (QED) is 0.780. The first-order chi connectivity index (χ1) is 8.86. The highest BCUT2D eigenvalue weighted by molar-refractivity contribution is 6.52. The van der Waals surface area contributed by atoms with E-state index < -0.39 is 0 Å². The SMILES string of the molecule is CCc1cnccc1/C=C/B1OC(C)(C)C(C)(C)O1. The molecule has 2 rings (SSSR count). The molecule has 1 saturated heterocycles. The molecule has 0 atom stereocenters. The Hall–Kier alpha value is -1.13. The number of hydrogen-bond acceptors (Lipinski definition) is 3. The molecule has 3 nitrogen and oxygen atoms in total. The van der Waals surface area contributed by atoms with E-state index in [1.807, 2.05) is 24.4 Å². The third kappa shape index (κ3) is 2.90. The van der Waals surface area contributed by atoms with Gasteiger partial charge in [-0.05, 0) is 51.3 Å². The molecule has 0 unspecified atom stereocenters. The lowest BCUT2D eigenvalue weighted by atomic mass is 9.88. The summed E-state index contributed by atoms with van der Waals surface area (Å²) in [6.45, 7) is 10.4. The van der Waals surface area contributed by atoms with Crippen molar-refractivity contribution in [1.82, 2.24) is 4.98 Å². The van der Waals surface area contributed by atoms with Crippen LogP contribution in [0.15, 0.2) is 24.4 Å². The van der Waals surface area contributed by atoms with Gasteiger partial charge in [0, 0.05) is 12.4 Å². The molecule has 2 heterocycles. The van der Waals surface area contributed by atoms with Crippen molar-refractivity contribution in [2.75, 3.05) is 0 Å². The van der Waals surface area contributed by atoms with Crippen LogP contribution in [0, 0.1) is 0 Å². The van der Waals surface area contributed by atoms with E-state index in [-0.39, 0.29) is 18.3 Å². The van der Waals surface area contributed by atoms with Gasteiger partial charge in [0.05, 0.1) is 11.2 Å². The highest BCUT2D eigenvalue weighted by atomic mass is 16.7. The van der Waals surface area contributed by atoms with Crippen molar-refractivity contribution in [3.05, 3.63) is 35.6 Å². The molecule has 1 fully saturated rings. The standard InChI is InChI=1S/C15H22BNO2/c1-6-12-11-17-10-8-13(12)7-9-16-18-14(2,3)15(4,5)19-16/h7-11H,6H2,1-5H3/b9-7+. The highest BCUT2D eigenvalue weighted by Gasteiger charge is 2.49. The number of aryl methyl sites for hydroxylation is 1. The zero-order valence-electron chi connectivity index (χ0n) is 12.4. The Labute approximate surface area is 116 Å². The minimum atomic E-state index is -0.289. The third-order valence-corrected chi connectivity index (χ3v) is 4.03. The molecule has 0 radical (unpaired) electrons. The molecule has 0 saturated carbocycles. The van der Waals surface area contributed by atoms with Gasteiger partial charge in [0.15, 0.2) is 0 Å². The van der Waals surface area contributed by atoms with Crippen molar-refractivity contribution in [1.29, 1.82) is 0 Å². The van der Waals surface area contributed by atoms with Crippen LogP contribution in [-0.2, 0) is 15.7 Å². The first kappa shape index (κ1) is 14.3. The van der Waals surface area contributed by atoms with Crippen molar-refractivity contribution in [2.24, 2.45) is 0 Å². The lowest BCUT2D eigenvalue weighted by molar-refractivity contribution is 0.00578. The van der Waals surface area contributed by atoms with Gasteiger partial charge in [0.25, 0.3) is 0 Å². The monoisotopic (exact) mass is 259 g/mol. The maximum absolute atomic E-state index is 5.93. The number of hydrogen-bond donors (Lipinski definition) is 0. The van der Waals surface area contributed by atoms with Gasteiger partial charge < -0.3 is 9.31 Å². The van der Waals surface area contributed by atoms with Crippen LogP contribution in [0.5, 0.6) is 0 Å². The van der Waals surface area contributed by atoms with E-state index in [2.05, 4.69) is 45.7 Å². The van der Waals surface area contributed by atoms with Crippen LogP contribution in [0.3, 0.4) is 0 Å². The predicted octanol–water partition coefficient (Wildman–Crippen LogP) is 3.29. The van der Waals surface area contributed by atoms with E-state index >= 15 is 0 Å². The lowest BCUT2D eigenvalue weighted by Gasteiger charge is -2.32. The van der Waals surface area contributed by atoms with Crippen LogP contribution in [-0.4, -0.2) is 23.3 Å². The summed E-state index contributed by atoms with van der Waals surface area (Å²) in [6.07, 6.45) is 6.74. The third-order valence-electron chi connectivity index (χ3n) is 4.03. The van der Waals surface area contributed by atoms with Crippen molar-refractivity contribution in [3.8, 4) is 0 Å². The van der Waals surface area contributed by atoms with Gasteiger partial charge in [0.2, 0.25) is 0 Å². The molecule has 19 heavy (non-hydrogen) atoms. The zero-order chi connectivity index (χ0) is 14.1. The molecule has 0 aromatic carbocycles. The highest BCUT2D eigenvalue weighted by Crippen LogP contribution is 2.37. The smallest absolute Gasteiger partial charge is 0.400 e. The fraction of sp³-hybridized carbons (Fsp3) is 0.533. The summed E-state index contributed by atoms with van der Waals surface area (Å²) in [7, 11) is -0.289. The van der Waals surface area contributed by atoms with Crippen molar-refractivity contribution in [3.63, 3.8) is 0 Å². The summed E-state index contributed by atoms with van der Waals surface area (Å²) < 4.78 is 11.9. The van der Waals surface area contributed by atoms with Crippen LogP contribution in [0.4, 0.5) is 0 Å². The van der Waals surface area contributed by atoms with E-state index in [4.69, 9.17) is 9.31 Å². The Morgan fingerprint density at radius 2 is 1.84 bits per heavy atom.